The highest BCUT2D eigenvalue weighted by molar-refractivity contribution is 5.96. The van der Waals surface area contributed by atoms with Crippen LogP contribution in [0.2, 0.25) is 0 Å². The Labute approximate surface area is 291 Å². The monoisotopic (exact) mass is 646 g/mol. The third kappa shape index (κ3) is 7.28. The van der Waals surface area contributed by atoms with E-state index in [2.05, 4.69) is 89.6 Å². The predicted octanol–water partition coefficient (Wildman–Crippen LogP) is 13.1. The Morgan fingerprint density at radius 1 is 0.333 bits per heavy atom. The van der Waals surface area contributed by atoms with Crippen molar-refractivity contribution in [3.8, 4) is 0 Å². The molecule has 0 radical (unpaired) electrons. The van der Waals surface area contributed by atoms with Gasteiger partial charge in [-0.2, -0.15) is 0 Å². The molecule has 0 aromatic carbocycles. The summed E-state index contributed by atoms with van der Waals surface area (Å²) in [5.41, 5.74) is 21.2. The van der Waals surface area contributed by atoms with E-state index in [0.29, 0.717) is 0 Å². The maximum atomic E-state index is 5.49. The van der Waals surface area contributed by atoms with E-state index in [0.717, 1.165) is 126 Å². The van der Waals surface area contributed by atoms with Crippen LogP contribution < -0.4 is 0 Å². The topological polar surface area (TPSA) is 57.4 Å². The van der Waals surface area contributed by atoms with Gasteiger partial charge >= 0.3 is 0 Å². The zero-order valence-electron chi connectivity index (χ0n) is 31.5. The summed E-state index contributed by atoms with van der Waals surface area (Å²) < 4.78 is 0. The van der Waals surface area contributed by atoms with Crippen LogP contribution in [0.3, 0.4) is 0 Å². The third-order valence-corrected chi connectivity index (χ3v) is 10.1. The Hall–Kier alpha value is -3.40. The molecule has 0 spiro atoms. The minimum absolute atomic E-state index is 1.05. The van der Waals surface area contributed by atoms with Crippen molar-refractivity contribution >= 4 is 44.4 Å². The van der Waals surface area contributed by atoms with Crippen LogP contribution in [0.15, 0.2) is 24.3 Å². The van der Waals surface area contributed by atoms with Gasteiger partial charge in [-0.05, 0) is 120 Å². The molecule has 3 aromatic rings. The Bertz CT molecular complexity index is 1680. The summed E-state index contributed by atoms with van der Waals surface area (Å²) in [4.78, 5) is 19.0. The molecule has 5 heterocycles. The molecule has 5 rings (SSSR count). The van der Waals surface area contributed by atoms with Crippen molar-refractivity contribution in [3.63, 3.8) is 0 Å². The Kier molecular flexibility index (Phi) is 12.6. The van der Waals surface area contributed by atoms with Crippen molar-refractivity contribution in [2.24, 2.45) is 0 Å². The SMILES string of the molecule is CCCC1=C(CCC)c2cc3[nH]c(cc4[nH]c(cc5nc(cc1n2)C(CCC)=C5CCC)c(CCC)c4CCC)c(CCC)c3CCC. The van der Waals surface area contributed by atoms with Gasteiger partial charge in [0.05, 0.1) is 22.8 Å². The van der Waals surface area contributed by atoms with Crippen molar-refractivity contribution in [1.29, 1.82) is 0 Å². The molecule has 0 saturated heterocycles. The highest BCUT2D eigenvalue weighted by atomic mass is 14.8. The maximum absolute atomic E-state index is 5.49. The molecule has 0 fully saturated rings. The van der Waals surface area contributed by atoms with Crippen LogP contribution >= 0.6 is 0 Å². The largest absolute Gasteiger partial charge is 0.355 e. The zero-order valence-corrected chi connectivity index (χ0v) is 31.5. The summed E-state index contributed by atoms with van der Waals surface area (Å²) in [5.74, 6) is 0. The molecule has 2 N–H and O–H groups in total. The smallest absolute Gasteiger partial charge is 0.0694 e. The molecule has 0 saturated carbocycles. The van der Waals surface area contributed by atoms with E-state index in [4.69, 9.17) is 9.97 Å². The molecule has 258 valence electrons. The first kappa shape index (κ1) is 35.9. The quantitative estimate of drug-likeness (QED) is 0.163. The molecule has 2 aliphatic rings. The summed E-state index contributed by atoms with van der Waals surface area (Å²) >= 11 is 0. The minimum atomic E-state index is 1.05. The van der Waals surface area contributed by atoms with Crippen molar-refractivity contribution < 1.29 is 0 Å². The molecule has 48 heavy (non-hydrogen) atoms. The third-order valence-electron chi connectivity index (χ3n) is 10.1. The number of nitrogens with zero attached hydrogens (tertiary/aromatic N) is 2. The molecule has 2 aliphatic heterocycles. The van der Waals surface area contributed by atoms with Gasteiger partial charge in [0.15, 0.2) is 0 Å². The Morgan fingerprint density at radius 2 is 0.583 bits per heavy atom. The standard InChI is InChI=1S/C44H62N4/c1-9-17-29-30(18-10-2)38-26-40-33(21-13-5)34(22-14-6)42(47-40)28-44-36(24-16-8)35(23-15-7)43(48-44)27-41-32(20-12-4)31(19-11-3)39(46-41)25-37(29)45-38/h25-28,45-46H,9-24H2,1-8H3. The lowest BCUT2D eigenvalue weighted by molar-refractivity contribution is 0.876. The number of nitrogens with one attached hydrogen (secondary N) is 2. The normalized spacial score (nSPS) is 13.3. The van der Waals surface area contributed by atoms with Crippen molar-refractivity contribution in [1.82, 2.24) is 19.9 Å². The molecule has 4 heteroatoms. The molecule has 8 bridgehead atoms. The molecule has 4 nitrogen and oxygen atoms in total. The Morgan fingerprint density at radius 3 is 0.854 bits per heavy atom. The number of hydrogen-bond acceptors (Lipinski definition) is 2. The lowest BCUT2D eigenvalue weighted by atomic mass is 9.94. The number of fused-ring (bicyclic) bond motifs is 8. The van der Waals surface area contributed by atoms with Crippen LogP contribution in [0.4, 0.5) is 0 Å². The van der Waals surface area contributed by atoms with E-state index in [9.17, 15) is 0 Å². The van der Waals surface area contributed by atoms with Gasteiger partial charge in [0.1, 0.15) is 0 Å². The highest BCUT2D eigenvalue weighted by Gasteiger charge is 2.24. The van der Waals surface area contributed by atoms with E-state index in [1.807, 2.05) is 0 Å². The highest BCUT2D eigenvalue weighted by Crippen LogP contribution is 2.41. The molecule has 3 aromatic heterocycles. The summed E-state index contributed by atoms with van der Waals surface area (Å²) in [7, 11) is 0. The lowest BCUT2D eigenvalue weighted by Gasteiger charge is -2.08. The van der Waals surface area contributed by atoms with Crippen molar-refractivity contribution in [2.45, 2.75) is 158 Å². The van der Waals surface area contributed by atoms with E-state index >= 15 is 0 Å². The molecule has 0 atom stereocenters. The second kappa shape index (κ2) is 16.8. The second-order valence-electron chi connectivity index (χ2n) is 14.1. The van der Waals surface area contributed by atoms with Gasteiger partial charge in [-0.25, -0.2) is 9.97 Å². The fourth-order valence-electron chi connectivity index (χ4n) is 8.17. The van der Waals surface area contributed by atoms with Crippen LogP contribution in [0.1, 0.15) is 177 Å². The van der Waals surface area contributed by atoms with Gasteiger partial charge < -0.3 is 9.97 Å². The van der Waals surface area contributed by atoms with Gasteiger partial charge in [0.2, 0.25) is 0 Å². The molecular weight excluding hydrogens is 585 g/mol. The summed E-state index contributed by atoms with van der Waals surface area (Å²) in [6.45, 7) is 18.5. The zero-order chi connectivity index (χ0) is 34.2. The number of rotatable bonds is 16. The number of allylic oxidation sites excluding steroid dienone is 4. The van der Waals surface area contributed by atoms with Crippen LogP contribution in [0.25, 0.3) is 44.4 Å². The summed E-state index contributed by atoms with van der Waals surface area (Å²) in [6.07, 6.45) is 17.4. The maximum Gasteiger partial charge on any atom is 0.0694 e. The molecular formula is C44H62N4. The number of aryl methyl sites for hydroxylation is 4. The van der Waals surface area contributed by atoms with E-state index < -0.39 is 0 Å². The van der Waals surface area contributed by atoms with Gasteiger partial charge in [0, 0.05) is 22.1 Å². The first-order valence-corrected chi connectivity index (χ1v) is 19.7. The van der Waals surface area contributed by atoms with E-state index in [1.165, 1.54) is 66.6 Å². The molecule has 0 aliphatic carbocycles. The van der Waals surface area contributed by atoms with Gasteiger partial charge in [0.25, 0.3) is 0 Å². The van der Waals surface area contributed by atoms with Crippen LogP contribution in [0.5, 0.6) is 0 Å². The molecule has 0 unspecified atom stereocenters. The van der Waals surface area contributed by atoms with Gasteiger partial charge in [-0.15, -0.1) is 0 Å². The first-order valence-electron chi connectivity index (χ1n) is 19.7. The van der Waals surface area contributed by atoms with Crippen molar-refractivity contribution in [3.05, 3.63) is 69.3 Å². The van der Waals surface area contributed by atoms with Crippen molar-refractivity contribution in [2.75, 3.05) is 0 Å². The van der Waals surface area contributed by atoms with Gasteiger partial charge in [-0.1, -0.05) is 107 Å². The summed E-state index contributed by atoms with van der Waals surface area (Å²) in [5, 5.41) is 0. The number of aromatic nitrogens is 4. The fraction of sp³-hybridized carbons (Fsp3) is 0.545. The fourth-order valence-corrected chi connectivity index (χ4v) is 8.17. The average molecular weight is 647 g/mol. The van der Waals surface area contributed by atoms with Gasteiger partial charge in [-0.3, -0.25) is 0 Å². The van der Waals surface area contributed by atoms with Crippen LogP contribution in [-0.4, -0.2) is 19.9 Å². The predicted molar refractivity (Wildman–Crippen MR) is 210 cm³/mol. The second-order valence-corrected chi connectivity index (χ2v) is 14.1. The summed E-state index contributed by atoms with van der Waals surface area (Å²) in [6, 6.07) is 9.60. The number of H-pyrrole nitrogens is 2. The van der Waals surface area contributed by atoms with E-state index in [1.54, 1.807) is 0 Å². The Balaban J connectivity index is 2.03. The average Bonchev–Trinajstić information content (AvgIpc) is 3.75. The number of hydrogen-bond donors (Lipinski definition) is 2. The lowest BCUT2D eigenvalue weighted by Crippen LogP contribution is -1.91. The molecule has 0 amide bonds. The minimum Gasteiger partial charge on any atom is -0.355 e. The number of aromatic amines is 2. The van der Waals surface area contributed by atoms with Crippen LogP contribution in [-0.2, 0) is 25.7 Å². The first-order chi connectivity index (χ1) is 23.5. The van der Waals surface area contributed by atoms with E-state index in [-0.39, 0.29) is 0 Å². The van der Waals surface area contributed by atoms with Crippen LogP contribution in [0, 0.1) is 0 Å².